The monoisotopic (exact) mass is 489 g/mol. The number of aryl methyl sites for hydroxylation is 2. The van der Waals surface area contributed by atoms with Crippen molar-refractivity contribution in [3.63, 3.8) is 0 Å². The molecule has 6 rings (SSSR count). The summed E-state index contributed by atoms with van der Waals surface area (Å²) in [7, 11) is 1.83. The highest BCUT2D eigenvalue weighted by molar-refractivity contribution is 5.92. The molecule has 0 spiro atoms. The third-order valence-corrected chi connectivity index (χ3v) is 6.06. The Balaban J connectivity index is 1.17. The molecular formula is C27H23N9O. The number of pyridine rings is 2. The summed E-state index contributed by atoms with van der Waals surface area (Å²) >= 11 is 0. The first-order valence-electron chi connectivity index (χ1n) is 11.7. The number of amides is 1. The number of fused-ring (bicyclic) bond motifs is 1. The lowest BCUT2D eigenvalue weighted by Gasteiger charge is -2.06. The fraction of sp³-hybridized carbons (Fsp3) is 0.111. The lowest BCUT2D eigenvalue weighted by Crippen LogP contribution is -2.16. The van der Waals surface area contributed by atoms with E-state index in [0.717, 1.165) is 45.1 Å². The van der Waals surface area contributed by atoms with Gasteiger partial charge in [0, 0.05) is 54.3 Å². The van der Waals surface area contributed by atoms with E-state index in [2.05, 4.69) is 30.4 Å². The van der Waals surface area contributed by atoms with Crippen molar-refractivity contribution in [3.05, 3.63) is 91.0 Å². The number of anilines is 1. The van der Waals surface area contributed by atoms with E-state index in [1.54, 1.807) is 29.6 Å². The number of imidazole rings is 2. The summed E-state index contributed by atoms with van der Waals surface area (Å²) in [5.41, 5.74) is 6.66. The number of hydrogen-bond donors (Lipinski definition) is 2. The first kappa shape index (κ1) is 22.4. The first-order valence-corrected chi connectivity index (χ1v) is 11.7. The molecule has 0 radical (unpaired) electrons. The van der Waals surface area contributed by atoms with Crippen molar-refractivity contribution in [2.45, 2.75) is 13.3 Å². The van der Waals surface area contributed by atoms with Crippen LogP contribution in [0.15, 0.2) is 79.6 Å². The molecule has 0 saturated heterocycles. The summed E-state index contributed by atoms with van der Waals surface area (Å²) in [5, 5.41) is 7.47. The predicted octanol–water partition coefficient (Wildman–Crippen LogP) is 4.10. The van der Waals surface area contributed by atoms with Gasteiger partial charge < -0.3 is 10.3 Å². The average Bonchev–Trinajstić information content (AvgIpc) is 3.63. The SMILES string of the molecule is Cc1cn(-c2nccc3[nH]c(-c4ccc(NC(=O)Cc5cc(-c6cccnc6)nn5C)cc4)nc23)cn1. The Hall–Kier alpha value is -5.12. The van der Waals surface area contributed by atoms with Gasteiger partial charge in [0.05, 0.1) is 23.3 Å². The predicted molar refractivity (Wildman–Crippen MR) is 140 cm³/mol. The molecule has 0 atom stereocenters. The van der Waals surface area contributed by atoms with Gasteiger partial charge in [-0.1, -0.05) is 0 Å². The fourth-order valence-electron chi connectivity index (χ4n) is 4.19. The summed E-state index contributed by atoms with van der Waals surface area (Å²) in [4.78, 5) is 33.8. The van der Waals surface area contributed by atoms with Crippen molar-refractivity contribution in [1.29, 1.82) is 0 Å². The molecule has 0 aliphatic heterocycles. The van der Waals surface area contributed by atoms with Crippen molar-refractivity contribution in [3.8, 4) is 28.5 Å². The lowest BCUT2D eigenvalue weighted by atomic mass is 10.1. The molecule has 0 unspecified atom stereocenters. The van der Waals surface area contributed by atoms with Crippen molar-refractivity contribution in [2.24, 2.45) is 7.05 Å². The number of H-pyrrole nitrogens is 1. The Labute approximate surface area is 212 Å². The van der Waals surface area contributed by atoms with Gasteiger partial charge in [0.2, 0.25) is 5.91 Å². The number of carbonyl (C=O) groups is 1. The smallest absolute Gasteiger partial charge is 0.230 e. The number of nitrogens with zero attached hydrogens (tertiary/aromatic N) is 7. The number of aromatic nitrogens is 8. The Kier molecular flexibility index (Phi) is 5.53. The summed E-state index contributed by atoms with van der Waals surface area (Å²) in [6.45, 7) is 1.93. The Bertz CT molecular complexity index is 1710. The van der Waals surface area contributed by atoms with E-state index in [1.165, 1.54) is 0 Å². The summed E-state index contributed by atoms with van der Waals surface area (Å²) in [6.07, 6.45) is 9.07. The van der Waals surface area contributed by atoms with Gasteiger partial charge in [0.1, 0.15) is 17.7 Å². The second-order valence-corrected chi connectivity index (χ2v) is 8.73. The van der Waals surface area contributed by atoms with Crippen molar-refractivity contribution < 1.29 is 4.79 Å². The second-order valence-electron chi connectivity index (χ2n) is 8.73. The van der Waals surface area contributed by atoms with Crippen LogP contribution in [0.25, 0.3) is 39.5 Å². The summed E-state index contributed by atoms with van der Waals surface area (Å²) in [5.74, 6) is 1.31. The molecule has 182 valence electrons. The highest BCUT2D eigenvalue weighted by Gasteiger charge is 2.14. The molecular weight excluding hydrogens is 466 g/mol. The maximum atomic E-state index is 12.7. The van der Waals surface area contributed by atoms with Gasteiger partial charge in [-0.2, -0.15) is 5.10 Å². The minimum atomic E-state index is -0.122. The molecule has 0 saturated carbocycles. The third kappa shape index (κ3) is 4.47. The highest BCUT2D eigenvalue weighted by Crippen LogP contribution is 2.25. The van der Waals surface area contributed by atoms with Gasteiger partial charge in [0.25, 0.3) is 0 Å². The molecule has 5 heterocycles. The molecule has 2 N–H and O–H groups in total. The highest BCUT2D eigenvalue weighted by atomic mass is 16.1. The van der Waals surface area contributed by atoms with Gasteiger partial charge in [0.15, 0.2) is 5.82 Å². The second kappa shape index (κ2) is 9.15. The number of nitrogens with one attached hydrogen (secondary N) is 2. The van der Waals surface area contributed by atoms with Crippen LogP contribution in [0, 0.1) is 6.92 Å². The van der Waals surface area contributed by atoms with Gasteiger partial charge in [-0.05, 0) is 55.5 Å². The molecule has 6 aromatic rings. The van der Waals surface area contributed by atoms with E-state index >= 15 is 0 Å². The summed E-state index contributed by atoms with van der Waals surface area (Å²) in [6, 6.07) is 15.2. The topological polar surface area (TPSA) is 119 Å². The van der Waals surface area contributed by atoms with Gasteiger partial charge >= 0.3 is 0 Å². The van der Waals surface area contributed by atoms with Crippen LogP contribution in [0.4, 0.5) is 5.69 Å². The minimum Gasteiger partial charge on any atom is -0.338 e. The van der Waals surface area contributed by atoms with Crippen LogP contribution in [-0.2, 0) is 18.3 Å². The van der Waals surface area contributed by atoms with Crippen molar-refractivity contribution in [1.82, 2.24) is 39.3 Å². The van der Waals surface area contributed by atoms with E-state index in [0.29, 0.717) is 11.5 Å². The zero-order valence-electron chi connectivity index (χ0n) is 20.3. The van der Waals surface area contributed by atoms with Crippen LogP contribution in [-0.4, -0.2) is 45.2 Å². The van der Waals surface area contributed by atoms with Gasteiger partial charge in [-0.25, -0.2) is 15.0 Å². The molecule has 5 aromatic heterocycles. The maximum Gasteiger partial charge on any atom is 0.230 e. The fourth-order valence-corrected chi connectivity index (χ4v) is 4.19. The number of benzene rings is 1. The van der Waals surface area contributed by atoms with E-state index in [-0.39, 0.29) is 12.3 Å². The van der Waals surface area contributed by atoms with Gasteiger partial charge in [-0.3, -0.25) is 19.0 Å². The standard InChI is InChI=1S/C27H23N9O/c1-17-15-36(16-30-17)27-25-22(9-11-29-27)32-26(33-25)18-5-7-20(8-6-18)31-24(37)13-21-12-23(34-35(21)2)19-4-3-10-28-14-19/h3-12,14-16H,13H2,1-2H3,(H,31,37)(H,32,33). The largest absolute Gasteiger partial charge is 0.338 e. The molecule has 0 bridgehead atoms. The van der Waals surface area contributed by atoms with E-state index in [9.17, 15) is 4.79 Å². The Morgan fingerprint density at radius 1 is 1.05 bits per heavy atom. The molecule has 37 heavy (non-hydrogen) atoms. The van der Waals surface area contributed by atoms with E-state index < -0.39 is 0 Å². The van der Waals surface area contributed by atoms with Crippen LogP contribution in [0.2, 0.25) is 0 Å². The maximum absolute atomic E-state index is 12.7. The third-order valence-electron chi connectivity index (χ3n) is 6.06. The molecule has 0 fully saturated rings. The Morgan fingerprint density at radius 2 is 1.92 bits per heavy atom. The number of carbonyl (C=O) groups excluding carboxylic acids is 1. The molecule has 1 amide bonds. The number of aromatic amines is 1. The van der Waals surface area contributed by atoms with Crippen molar-refractivity contribution in [2.75, 3.05) is 5.32 Å². The zero-order chi connectivity index (χ0) is 25.4. The molecule has 10 heteroatoms. The van der Waals surface area contributed by atoms with Crippen LogP contribution in [0.1, 0.15) is 11.4 Å². The summed E-state index contributed by atoms with van der Waals surface area (Å²) < 4.78 is 3.59. The van der Waals surface area contributed by atoms with E-state index in [4.69, 9.17) is 4.98 Å². The van der Waals surface area contributed by atoms with Crippen LogP contribution in [0.3, 0.4) is 0 Å². The average molecular weight is 490 g/mol. The van der Waals surface area contributed by atoms with Crippen LogP contribution in [0.5, 0.6) is 0 Å². The van der Waals surface area contributed by atoms with E-state index in [1.807, 2.05) is 73.3 Å². The molecule has 0 aliphatic rings. The zero-order valence-corrected chi connectivity index (χ0v) is 20.3. The molecule has 1 aromatic carbocycles. The first-order chi connectivity index (χ1) is 18.0. The Morgan fingerprint density at radius 3 is 2.68 bits per heavy atom. The number of rotatable bonds is 6. The normalized spacial score (nSPS) is 11.2. The lowest BCUT2D eigenvalue weighted by molar-refractivity contribution is -0.115. The van der Waals surface area contributed by atoms with Crippen LogP contribution >= 0.6 is 0 Å². The quantitative estimate of drug-likeness (QED) is 0.364. The van der Waals surface area contributed by atoms with Crippen molar-refractivity contribution >= 4 is 22.6 Å². The molecule has 0 aliphatic carbocycles. The molecule has 10 nitrogen and oxygen atoms in total. The van der Waals surface area contributed by atoms with Crippen LogP contribution < -0.4 is 5.32 Å². The minimum absolute atomic E-state index is 0.122. The number of hydrogen-bond acceptors (Lipinski definition) is 6. The van der Waals surface area contributed by atoms with Gasteiger partial charge in [-0.15, -0.1) is 0 Å².